The minimum absolute atomic E-state index is 2.07. The highest BCUT2D eigenvalue weighted by Gasteiger charge is 3.01. The summed E-state index contributed by atoms with van der Waals surface area (Å²) in [7, 11) is 0. The molecule has 1 fully saturated rings. The van der Waals surface area contributed by atoms with Crippen LogP contribution in [0.5, 0.6) is 0 Å². The van der Waals surface area contributed by atoms with Gasteiger partial charge in [-0.1, -0.05) is 0 Å². The van der Waals surface area contributed by atoms with E-state index < -0.39 is 40.7 Å². The van der Waals surface area contributed by atoms with Gasteiger partial charge in [0, 0.05) is 12.0 Å². The van der Waals surface area contributed by atoms with Crippen molar-refractivity contribution in [1.29, 1.82) is 0 Å². The van der Waals surface area contributed by atoms with Gasteiger partial charge in [0.15, 0.2) is 0 Å². The molecule has 11 heteroatoms. The molecule has 1 saturated carbocycles. The third kappa shape index (κ3) is 0.968. The Morgan fingerprint density at radius 3 is 0.938 bits per heavy atom. The topological polar surface area (TPSA) is 20.2 Å². The molecule has 0 heterocycles. The molecule has 96 valence electrons. The summed E-state index contributed by atoms with van der Waals surface area (Å²) in [6, 6.07) is 0. The lowest BCUT2D eigenvalue weighted by molar-refractivity contribution is -0.303. The fraction of sp³-hybridized carbons (Fsp3) is 1.00. The van der Waals surface area contributed by atoms with Gasteiger partial charge < -0.3 is 4.55 Å². The molecule has 0 aromatic carbocycles. The van der Waals surface area contributed by atoms with Crippen LogP contribution in [0.4, 0.5) is 39.5 Å². The summed E-state index contributed by atoms with van der Waals surface area (Å²) in [4.78, 5) is 0. The smallest absolute Gasteiger partial charge is 0.327 e. The van der Waals surface area contributed by atoms with E-state index >= 15 is 0 Å². The third-order valence-electron chi connectivity index (χ3n) is 2.12. The highest BCUT2D eigenvalue weighted by molar-refractivity contribution is 7.95. The molecule has 0 aromatic rings. The van der Waals surface area contributed by atoms with E-state index in [0.29, 0.717) is 0 Å². The van der Waals surface area contributed by atoms with Crippen LogP contribution >= 0.6 is 12.0 Å². The van der Waals surface area contributed by atoms with Crippen LogP contribution in [-0.2, 0) is 0 Å². The van der Waals surface area contributed by atoms with Crippen LogP contribution in [-0.4, -0.2) is 33.2 Å². The molecule has 1 rings (SSSR count). The van der Waals surface area contributed by atoms with Gasteiger partial charge in [0.1, 0.15) is 0 Å². The molecule has 0 aromatic heterocycles. The van der Waals surface area contributed by atoms with Gasteiger partial charge in [0.2, 0.25) is 0 Å². The van der Waals surface area contributed by atoms with E-state index in [-0.39, 0.29) is 0 Å². The Bertz CT molecular complexity index is 287. The standard InChI is InChI=1S/C5HF9OS/c6-1(7)2(8,9)4(12,13)5(14,16-15)3(1,10)11/h15H. The van der Waals surface area contributed by atoms with Crippen LogP contribution < -0.4 is 0 Å². The average Bonchev–Trinajstić information content (AvgIpc) is 2.18. The first-order valence-electron chi connectivity index (χ1n) is 3.34. The van der Waals surface area contributed by atoms with E-state index in [9.17, 15) is 39.5 Å². The lowest BCUT2D eigenvalue weighted by Gasteiger charge is -2.27. The Labute approximate surface area is 85.8 Å². The van der Waals surface area contributed by atoms with Gasteiger partial charge in [-0.2, -0.15) is 35.1 Å². The second kappa shape index (κ2) is 2.92. The normalized spacial score (nSPS) is 32.6. The second-order valence-corrected chi connectivity index (χ2v) is 3.73. The number of alkyl halides is 9. The molecule has 0 radical (unpaired) electrons. The molecule has 1 N–H and O–H groups in total. The first-order chi connectivity index (χ1) is 6.81. The summed E-state index contributed by atoms with van der Waals surface area (Å²) >= 11 is -2.07. The van der Waals surface area contributed by atoms with E-state index in [2.05, 4.69) is 0 Å². The van der Waals surface area contributed by atoms with Crippen molar-refractivity contribution in [3.63, 3.8) is 0 Å². The highest BCUT2D eigenvalue weighted by atomic mass is 32.2. The zero-order valence-electron chi connectivity index (χ0n) is 6.76. The number of hydrogen-bond acceptors (Lipinski definition) is 2. The minimum atomic E-state index is -6.62. The number of halogens is 9. The van der Waals surface area contributed by atoms with Crippen LogP contribution in [0.3, 0.4) is 0 Å². The molecule has 16 heavy (non-hydrogen) atoms. The van der Waals surface area contributed by atoms with Crippen molar-refractivity contribution in [2.24, 2.45) is 0 Å². The average molecular weight is 280 g/mol. The summed E-state index contributed by atoms with van der Waals surface area (Å²) in [5, 5.41) is -5.80. The van der Waals surface area contributed by atoms with Crippen molar-refractivity contribution < 1.29 is 44.1 Å². The van der Waals surface area contributed by atoms with E-state index in [0.717, 1.165) is 0 Å². The molecule has 0 saturated heterocycles. The molecule has 0 amide bonds. The van der Waals surface area contributed by atoms with Gasteiger partial charge in [0.25, 0.3) is 0 Å². The van der Waals surface area contributed by atoms with Crippen molar-refractivity contribution in [2.45, 2.75) is 28.7 Å². The van der Waals surface area contributed by atoms with Gasteiger partial charge in [0.05, 0.1) is 0 Å². The zero-order chi connectivity index (χ0) is 13.2. The maximum Gasteiger partial charge on any atom is 0.383 e. The molecular formula is C5HF9OS. The first kappa shape index (κ1) is 13.7. The first-order valence-corrected chi connectivity index (χ1v) is 4.11. The van der Waals surface area contributed by atoms with Crippen molar-refractivity contribution in [3.05, 3.63) is 0 Å². The molecule has 0 bridgehead atoms. The molecule has 0 spiro atoms. The van der Waals surface area contributed by atoms with Gasteiger partial charge >= 0.3 is 28.7 Å². The van der Waals surface area contributed by atoms with Crippen LogP contribution in [0.25, 0.3) is 0 Å². The maximum atomic E-state index is 12.8. The fourth-order valence-corrected chi connectivity index (χ4v) is 1.60. The molecule has 1 aliphatic carbocycles. The summed E-state index contributed by atoms with van der Waals surface area (Å²) in [5.41, 5.74) is 0. The largest absolute Gasteiger partial charge is 0.383 e. The molecular weight excluding hydrogens is 279 g/mol. The Balaban J connectivity index is 3.58. The molecule has 1 aliphatic rings. The summed E-state index contributed by atoms with van der Waals surface area (Å²) in [5.74, 6) is -26.1. The second-order valence-electron chi connectivity index (χ2n) is 2.98. The third-order valence-corrected chi connectivity index (χ3v) is 2.88. The van der Waals surface area contributed by atoms with E-state index in [1.165, 1.54) is 0 Å². The highest BCUT2D eigenvalue weighted by Crippen LogP contribution is 2.71. The van der Waals surface area contributed by atoms with Crippen molar-refractivity contribution >= 4 is 12.0 Å². The molecule has 0 atom stereocenters. The van der Waals surface area contributed by atoms with Gasteiger partial charge in [-0.15, -0.1) is 0 Å². The van der Waals surface area contributed by atoms with Gasteiger partial charge in [-0.3, -0.25) is 0 Å². The Morgan fingerprint density at radius 2 is 0.812 bits per heavy atom. The zero-order valence-corrected chi connectivity index (χ0v) is 7.57. The number of hydrogen-bond donors (Lipinski definition) is 1. The quantitative estimate of drug-likeness (QED) is 0.586. The summed E-state index contributed by atoms with van der Waals surface area (Å²) < 4.78 is 120. The predicted molar refractivity (Wildman–Crippen MR) is 33.8 cm³/mol. The van der Waals surface area contributed by atoms with E-state index in [1.807, 2.05) is 0 Å². The minimum Gasteiger partial charge on any atom is -0.327 e. The predicted octanol–water partition coefficient (Wildman–Crippen LogP) is 3.41. The molecule has 1 nitrogen and oxygen atoms in total. The van der Waals surface area contributed by atoms with Crippen molar-refractivity contribution in [2.75, 3.05) is 0 Å². The van der Waals surface area contributed by atoms with E-state index in [4.69, 9.17) is 4.55 Å². The molecule has 0 aliphatic heterocycles. The molecule has 0 unspecified atom stereocenters. The lowest BCUT2D eigenvalue weighted by atomic mass is 10.2. The van der Waals surface area contributed by atoms with Crippen LogP contribution in [0, 0.1) is 0 Å². The maximum absolute atomic E-state index is 12.8. The van der Waals surface area contributed by atoms with Gasteiger partial charge in [-0.05, 0) is 0 Å². The van der Waals surface area contributed by atoms with Crippen LogP contribution in [0.15, 0.2) is 0 Å². The Morgan fingerprint density at radius 1 is 0.562 bits per heavy atom. The summed E-state index contributed by atoms with van der Waals surface area (Å²) in [6.45, 7) is 0. The van der Waals surface area contributed by atoms with Crippen molar-refractivity contribution in [1.82, 2.24) is 0 Å². The Kier molecular flexibility index (Phi) is 2.51. The fourth-order valence-electron chi connectivity index (χ4n) is 1.11. The van der Waals surface area contributed by atoms with Crippen molar-refractivity contribution in [3.8, 4) is 0 Å². The number of rotatable bonds is 1. The monoisotopic (exact) mass is 280 g/mol. The van der Waals surface area contributed by atoms with Gasteiger partial charge in [-0.25, -0.2) is 4.39 Å². The van der Waals surface area contributed by atoms with E-state index in [1.54, 1.807) is 0 Å². The van der Waals surface area contributed by atoms with Crippen LogP contribution in [0.1, 0.15) is 0 Å². The van der Waals surface area contributed by atoms with Crippen LogP contribution in [0.2, 0.25) is 0 Å². The Hall–Kier alpha value is -0.320. The summed E-state index contributed by atoms with van der Waals surface area (Å²) in [6.07, 6.45) is 0. The lowest BCUT2D eigenvalue weighted by Crippen LogP contribution is -2.51. The SMILES string of the molecule is OSC1(F)C(F)(F)C(F)(F)C(F)(F)C1(F)F.